The first-order chi connectivity index (χ1) is 15.5. The van der Waals surface area contributed by atoms with Gasteiger partial charge in [-0.05, 0) is 44.8 Å². The topological polar surface area (TPSA) is 120 Å². The van der Waals surface area contributed by atoms with Crippen LogP contribution in [0.15, 0.2) is 35.5 Å². The van der Waals surface area contributed by atoms with Crippen molar-refractivity contribution in [1.29, 1.82) is 0 Å². The van der Waals surface area contributed by atoms with E-state index in [1.54, 1.807) is 19.2 Å². The van der Waals surface area contributed by atoms with Gasteiger partial charge in [0, 0.05) is 31.2 Å². The number of benzene rings is 1. The van der Waals surface area contributed by atoms with Gasteiger partial charge in [0.2, 0.25) is 5.62 Å². The molecule has 168 valence electrons. The van der Waals surface area contributed by atoms with E-state index in [4.69, 9.17) is 20.2 Å². The second kappa shape index (κ2) is 9.23. The number of anilines is 2. The van der Waals surface area contributed by atoms with Gasteiger partial charge < -0.3 is 25.4 Å². The lowest BCUT2D eigenvalue weighted by Crippen LogP contribution is -2.25. The Morgan fingerprint density at radius 2 is 2.16 bits per heavy atom. The third-order valence-electron chi connectivity index (χ3n) is 5.15. The Bertz CT molecular complexity index is 1200. The minimum atomic E-state index is -0.444. The van der Waals surface area contributed by atoms with Gasteiger partial charge in [0.25, 0.3) is 5.91 Å². The van der Waals surface area contributed by atoms with Crippen molar-refractivity contribution >= 4 is 28.4 Å². The van der Waals surface area contributed by atoms with Crippen LogP contribution in [-0.2, 0) is 6.54 Å². The maximum Gasteiger partial charge on any atom is 0.281 e. The van der Waals surface area contributed by atoms with Crippen molar-refractivity contribution in [1.82, 2.24) is 19.4 Å². The van der Waals surface area contributed by atoms with E-state index in [1.165, 1.54) is 6.20 Å². The van der Waals surface area contributed by atoms with Gasteiger partial charge in [-0.25, -0.2) is 9.97 Å². The molecule has 10 nitrogen and oxygen atoms in total. The van der Waals surface area contributed by atoms with Crippen molar-refractivity contribution < 1.29 is 14.3 Å². The molecule has 2 aromatic heterocycles. The number of nitrogens with zero attached hydrogens (tertiary/aromatic N) is 5. The molecule has 3 heterocycles. The van der Waals surface area contributed by atoms with Crippen LogP contribution >= 0.6 is 0 Å². The molecule has 1 aromatic carbocycles. The standard InChI is InChI=1S/C22H27N7O3/c1-28(2)10-4-12-32-16-7-6-15-18(19(16)31-3)26-22(29-11-9-24-20(15)29)27-21(30)14-5-8-17(23)25-13-14/h5-8,13,24H,4,9-12H2,1-3H3,(H2,23,25). The molecule has 1 aliphatic heterocycles. The summed E-state index contributed by atoms with van der Waals surface area (Å²) in [5, 5.41) is 4.24. The first-order valence-corrected chi connectivity index (χ1v) is 10.4. The molecule has 0 saturated heterocycles. The van der Waals surface area contributed by atoms with Crippen LogP contribution < -0.4 is 26.1 Å². The Kier molecular flexibility index (Phi) is 6.22. The Hall–Kier alpha value is -3.66. The molecule has 0 spiro atoms. The van der Waals surface area contributed by atoms with Crippen molar-refractivity contribution in [3.63, 3.8) is 0 Å². The smallest absolute Gasteiger partial charge is 0.281 e. The van der Waals surface area contributed by atoms with Crippen LogP contribution in [0, 0.1) is 0 Å². The van der Waals surface area contributed by atoms with Crippen molar-refractivity contribution in [2.24, 2.45) is 4.99 Å². The number of hydrogen-bond acceptors (Lipinski definition) is 8. The lowest BCUT2D eigenvalue weighted by Gasteiger charge is -2.15. The Balaban J connectivity index is 1.77. The number of amides is 1. The van der Waals surface area contributed by atoms with Gasteiger partial charge in [0.1, 0.15) is 17.2 Å². The number of fused-ring (bicyclic) bond motifs is 3. The SMILES string of the molecule is COc1c(OCCCN(C)C)ccc2c3n(c(=NC(=O)c4ccc(N)nc4)nc12)CCN3. The molecule has 3 aromatic rings. The third kappa shape index (κ3) is 4.35. The van der Waals surface area contributed by atoms with Crippen LogP contribution in [-0.4, -0.2) is 66.2 Å². The Morgan fingerprint density at radius 1 is 1.31 bits per heavy atom. The van der Waals surface area contributed by atoms with Crippen LogP contribution in [0.4, 0.5) is 11.6 Å². The summed E-state index contributed by atoms with van der Waals surface area (Å²) in [5.41, 5.74) is 6.83. The van der Waals surface area contributed by atoms with E-state index in [1.807, 2.05) is 30.8 Å². The first kappa shape index (κ1) is 21.6. The van der Waals surface area contributed by atoms with Crippen molar-refractivity contribution in [2.75, 3.05) is 52.0 Å². The fourth-order valence-corrected chi connectivity index (χ4v) is 3.60. The lowest BCUT2D eigenvalue weighted by molar-refractivity contribution is 0.0996. The molecule has 32 heavy (non-hydrogen) atoms. The Labute approximate surface area is 185 Å². The molecule has 3 N–H and O–H groups in total. The Morgan fingerprint density at radius 3 is 2.88 bits per heavy atom. The highest BCUT2D eigenvalue weighted by Gasteiger charge is 2.20. The zero-order chi connectivity index (χ0) is 22.7. The minimum Gasteiger partial charge on any atom is -0.491 e. The van der Waals surface area contributed by atoms with Crippen LogP contribution in [0.5, 0.6) is 11.5 Å². The van der Waals surface area contributed by atoms with E-state index in [0.29, 0.717) is 53.7 Å². The number of aromatic nitrogens is 3. The third-order valence-corrected chi connectivity index (χ3v) is 5.15. The highest BCUT2D eigenvalue weighted by atomic mass is 16.5. The quantitative estimate of drug-likeness (QED) is 0.534. The second-order valence-corrected chi connectivity index (χ2v) is 7.73. The molecule has 1 amide bonds. The summed E-state index contributed by atoms with van der Waals surface area (Å²) in [6, 6.07) is 7.00. The van der Waals surface area contributed by atoms with E-state index in [0.717, 1.165) is 24.2 Å². The number of pyridine rings is 1. The first-order valence-electron chi connectivity index (χ1n) is 10.4. The van der Waals surface area contributed by atoms with E-state index >= 15 is 0 Å². The number of ether oxygens (including phenoxy) is 2. The zero-order valence-corrected chi connectivity index (χ0v) is 18.5. The number of nitrogens with one attached hydrogen (secondary N) is 1. The van der Waals surface area contributed by atoms with Crippen LogP contribution in [0.3, 0.4) is 0 Å². The molecular weight excluding hydrogens is 410 g/mol. The predicted octanol–water partition coefficient (Wildman–Crippen LogP) is 1.52. The van der Waals surface area contributed by atoms with Gasteiger partial charge in [0.15, 0.2) is 11.5 Å². The number of hydrogen-bond donors (Lipinski definition) is 2. The molecule has 10 heteroatoms. The van der Waals surface area contributed by atoms with E-state index in [9.17, 15) is 4.79 Å². The summed E-state index contributed by atoms with van der Waals surface area (Å²) in [7, 11) is 5.63. The highest BCUT2D eigenvalue weighted by molar-refractivity contribution is 5.96. The molecule has 0 aliphatic carbocycles. The number of nitrogen functional groups attached to an aromatic ring is 1. The van der Waals surface area contributed by atoms with Crippen LogP contribution in [0.2, 0.25) is 0 Å². The number of rotatable bonds is 7. The maximum absolute atomic E-state index is 12.7. The highest BCUT2D eigenvalue weighted by Crippen LogP contribution is 2.37. The van der Waals surface area contributed by atoms with E-state index in [2.05, 4.69) is 20.2 Å². The second-order valence-electron chi connectivity index (χ2n) is 7.73. The normalized spacial score (nSPS) is 13.3. The summed E-state index contributed by atoms with van der Waals surface area (Å²) in [4.78, 5) is 27.8. The minimum absolute atomic E-state index is 0.294. The fraction of sp³-hybridized carbons (Fsp3) is 0.364. The molecule has 1 aliphatic rings. The van der Waals surface area contributed by atoms with Crippen molar-refractivity contribution in [3.05, 3.63) is 41.6 Å². The molecule has 0 unspecified atom stereocenters. The zero-order valence-electron chi connectivity index (χ0n) is 18.5. The van der Waals surface area contributed by atoms with E-state index in [-0.39, 0.29) is 0 Å². The van der Waals surface area contributed by atoms with Crippen LogP contribution in [0.25, 0.3) is 10.9 Å². The average molecular weight is 438 g/mol. The van der Waals surface area contributed by atoms with Crippen LogP contribution in [0.1, 0.15) is 16.8 Å². The summed E-state index contributed by atoms with van der Waals surface area (Å²) in [6.07, 6.45) is 2.29. The molecule has 0 saturated carbocycles. The average Bonchev–Trinajstić information content (AvgIpc) is 3.27. The predicted molar refractivity (Wildman–Crippen MR) is 122 cm³/mol. The van der Waals surface area contributed by atoms with Gasteiger partial charge >= 0.3 is 0 Å². The summed E-state index contributed by atoms with van der Waals surface area (Å²) in [6.45, 7) is 2.84. The van der Waals surface area contributed by atoms with Gasteiger partial charge in [-0.3, -0.25) is 9.36 Å². The fourth-order valence-electron chi connectivity index (χ4n) is 3.60. The van der Waals surface area contributed by atoms with Crippen molar-refractivity contribution in [3.8, 4) is 11.5 Å². The van der Waals surface area contributed by atoms with Gasteiger partial charge in [0.05, 0.1) is 19.3 Å². The largest absolute Gasteiger partial charge is 0.491 e. The maximum atomic E-state index is 12.7. The van der Waals surface area contributed by atoms with Gasteiger partial charge in [-0.15, -0.1) is 0 Å². The number of carbonyl (C=O) groups excluding carboxylic acids is 1. The molecule has 0 bridgehead atoms. The number of methoxy groups -OCH3 is 1. The molecule has 4 rings (SSSR count). The summed E-state index contributed by atoms with van der Waals surface area (Å²) < 4.78 is 13.5. The molecule has 0 atom stereocenters. The monoisotopic (exact) mass is 437 g/mol. The van der Waals surface area contributed by atoms with Gasteiger partial charge in [-0.2, -0.15) is 4.99 Å². The lowest BCUT2D eigenvalue weighted by atomic mass is 10.2. The molecular formula is C22H27N7O3. The van der Waals surface area contributed by atoms with E-state index < -0.39 is 5.91 Å². The molecule has 0 fully saturated rings. The number of carbonyl (C=O) groups is 1. The van der Waals surface area contributed by atoms with Crippen molar-refractivity contribution in [2.45, 2.75) is 13.0 Å². The molecule has 0 radical (unpaired) electrons. The summed E-state index contributed by atoms with van der Waals surface area (Å²) in [5.74, 6) is 1.86. The van der Waals surface area contributed by atoms with Gasteiger partial charge in [-0.1, -0.05) is 0 Å². The summed E-state index contributed by atoms with van der Waals surface area (Å²) >= 11 is 0. The number of nitrogens with two attached hydrogens (primary N) is 1.